The van der Waals surface area contributed by atoms with E-state index in [1.165, 1.54) is 11.1 Å². The summed E-state index contributed by atoms with van der Waals surface area (Å²) in [5, 5.41) is 9.09. The number of allylic oxidation sites excluding steroid dienone is 4. The van der Waals surface area contributed by atoms with Gasteiger partial charge in [-0.25, -0.2) is 0 Å². The Morgan fingerprint density at radius 2 is 1.20 bits per heavy atom. The van der Waals surface area contributed by atoms with Gasteiger partial charge in [-0.2, -0.15) is 0 Å². The third-order valence-electron chi connectivity index (χ3n) is 1.86. The lowest BCUT2D eigenvalue weighted by atomic mass is 10.0. The van der Waals surface area contributed by atoms with Crippen molar-refractivity contribution in [3.63, 3.8) is 0 Å². The fourth-order valence-electron chi connectivity index (χ4n) is 0.646. The molecule has 58 valence electrons. The van der Waals surface area contributed by atoms with Gasteiger partial charge in [0.1, 0.15) is 0 Å². The van der Waals surface area contributed by atoms with Gasteiger partial charge < -0.3 is 5.11 Å². The normalized spacial score (nSPS) is 12.5. The number of hydrogen-bond donors (Lipinski definition) is 1. The Morgan fingerprint density at radius 3 is 1.30 bits per heavy atom. The lowest BCUT2D eigenvalue weighted by Gasteiger charge is -2.04. The highest BCUT2D eigenvalue weighted by atomic mass is 16.3. The summed E-state index contributed by atoms with van der Waals surface area (Å²) < 4.78 is 0. The molecule has 0 aromatic carbocycles. The maximum atomic E-state index is 9.09. The first-order chi connectivity index (χ1) is 4.46. The van der Waals surface area contributed by atoms with Gasteiger partial charge in [0.25, 0.3) is 0 Å². The summed E-state index contributed by atoms with van der Waals surface area (Å²) in [5.41, 5.74) is 3.42. The molecule has 0 saturated heterocycles. The Labute approximate surface area is 63.1 Å². The molecule has 0 aliphatic heterocycles. The lowest BCUT2D eigenvalue weighted by molar-refractivity contribution is 0.408. The van der Waals surface area contributed by atoms with E-state index in [9.17, 15) is 0 Å². The minimum absolute atomic E-state index is 0.415. The highest BCUT2D eigenvalue weighted by Gasteiger charge is 1.97. The first-order valence-corrected chi connectivity index (χ1v) is 3.47. The second-order valence-electron chi connectivity index (χ2n) is 2.84. The van der Waals surface area contributed by atoms with Crippen molar-refractivity contribution in [1.29, 1.82) is 0 Å². The molecule has 0 saturated carbocycles. The fraction of sp³-hybridized carbons (Fsp3) is 0.556. The first-order valence-electron chi connectivity index (χ1n) is 3.47. The molecule has 0 bridgehead atoms. The maximum Gasteiger partial charge on any atom is 0.0923 e. The van der Waals surface area contributed by atoms with Crippen LogP contribution in [0.25, 0.3) is 0 Å². The third-order valence-corrected chi connectivity index (χ3v) is 1.86. The number of aliphatic hydroxyl groups is 1. The molecule has 1 N–H and O–H groups in total. The van der Waals surface area contributed by atoms with Crippen molar-refractivity contribution < 1.29 is 5.11 Å². The van der Waals surface area contributed by atoms with Crippen LogP contribution in [0.15, 0.2) is 22.5 Å². The van der Waals surface area contributed by atoms with Crippen LogP contribution in [0.3, 0.4) is 0 Å². The first kappa shape index (κ1) is 9.28. The molecule has 1 heteroatoms. The van der Waals surface area contributed by atoms with Crippen LogP contribution >= 0.6 is 0 Å². The lowest BCUT2D eigenvalue weighted by Crippen LogP contribution is -1.87. The summed E-state index contributed by atoms with van der Waals surface area (Å²) in [7, 11) is 0. The van der Waals surface area contributed by atoms with Gasteiger partial charge >= 0.3 is 0 Å². The fourth-order valence-corrected chi connectivity index (χ4v) is 0.646. The Kier molecular flexibility index (Phi) is 3.20. The molecule has 0 aliphatic carbocycles. The number of hydrogen-bond acceptors (Lipinski definition) is 1. The monoisotopic (exact) mass is 140 g/mol. The highest BCUT2D eigenvalue weighted by Crippen LogP contribution is 2.15. The zero-order valence-electron chi connectivity index (χ0n) is 7.45. The van der Waals surface area contributed by atoms with Gasteiger partial charge in [0.15, 0.2) is 0 Å². The zero-order chi connectivity index (χ0) is 8.31. The van der Waals surface area contributed by atoms with Crippen molar-refractivity contribution >= 4 is 0 Å². The predicted octanol–water partition coefficient (Wildman–Crippen LogP) is 3.19. The summed E-state index contributed by atoms with van der Waals surface area (Å²) in [6.07, 6.45) is 0. The largest absolute Gasteiger partial charge is 0.512 e. The van der Waals surface area contributed by atoms with Gasteiger partial charge in [-0.15, -0.1) is 0 Å². The van der Waals surface area contributed by atoms with Crippen LogP contribution in [0, 0.1) is 0 Å². The van der Waals surface area contributed by atoms with E-state index >= 15 is 0 Å². The Hall–Kier alpha value is -0.720. The summed E-state index contributed by atoms with van der Waals surface area (Å²) >= 11 is 0. The van der Waals surface area contributed by atoms with E-state index in [0.29, 0.717) is 5.76 Å². The number of rotatable bonds is 1. The molecule has 0 unspecified atom stereocenters. The van der Waals surface area contributed by atoms with Crippen molar-refractivity contribution in [3.8, 4) is 0 Å². The molecule has 0 rings (SSSR count). The highest BCUT2D eigenvalue weighted by molar-refractivity contribution is 5.31. The van der Waals surface area contributed by atoms with E-state index in [1.807, 2.05) is 27.7 Å². The second-order valence-corrected chi connectivity index (χ2v) is 2.84. The molecule has 1 nitrogen and oxygen atoms in total. The minimum Gasteiger partial charge on any atom is -0.512 e. The molecule has 0 fully saturated rings. The van der Waals surface area contributed by atoms with Crippen molar-refractivity contribution in [2.45, 2.75) is 34.6 Å². The molecule has 0 atom stereocenters. The van der Waals surface area contributed by atoms with Gasteiger partial charge in [-0.3, -0.25) is 0 Å². The van der Waals surface area contributed by atoms with Crippen LogP contribution in [-0.4, -0.2) is 5.11 Å². The average molecular weight is 140 g/mol. The van der Waals surface area contributed by atoms with Crippen LogP contribution in [0.1, 0.15) is 34.6 Å². The summed E-state index contributed by atoms with van der Waals surface area (Å²) in [5.74, 6) is 0.415. The quantitative estimate of drug-likeness (QED) is 0.438. The zero-order valence-corrected chi connectivity index (χ0v) is 7.45. The SMILES string of the molecule is CC(C)=C(C)/C(C)=C(\C)O. The van der Waals surface area contributed by atoms with E-state index in [0.717, 1.165) is 5.57 Å². The van der Waals surface area contributed by atoms with E-state index < -0.39 is 0 Å². The molecule has 0 spiro atoms. The average Bonchev–Trinajstić information content (AvgIpc) is 1.84. The Bertz CT molecular complexity index is 155. The van der Waals surface area contributed by atoms with Crippen LogP contribution in [0.4, 0.5) is 0 Å². The topological polar surface area (TPSA) is 20.2 Å². The molecule has 0 radical (unpaired) electrons. The van der Waals surface area contributed by atoms with E-state index in [1.54, 1.807) is 6.92 Å². The molecule has 0 amide bonds. The van der Waals surface area contributed by atoms with Crippen LogP contribution in [0.5, 0.6) is 0 Å². The molecule has 10 heavy (non-hydrogen) atoms. The summed E-state index contributed by atoms with van der Waals surface area (Å²) in [4.78, 5) is 0. The summed E-state index contributed by atoms with van der Waals surface area (Å²) in [6.45, 7) is 9.74. The van der Waals surface area contributed by atoms with Gasteiger partial charge in [0.2, 0.25) is 0 Å². The maximum absolute atomic E-state index is 9.09. The smallest absolute Gasteiger partial charge is 0.0923 e. The molecule has 0 aromatic heterocycles. The van der Waals surface area contributed by atoms with Crippen LogP contribution in [-0.2, 0) is 0 Å². The molecule has 0 aromatic rings. The predicted molar refractivity (Wildman–Crippen MR) is 45.1 cm³/mol. The molecular formula is C9H16O. The standard InChI is InChI=1S/C9H16O/c1-6(2)7(3)8(4)9(5)10/h10H,1-5H3/b9-8+. The second kappa shape index (κ2) is 3.45. The Morgan fingerprint density at radius 1 is 0.800 bits per heavy atom. The minimum atomic E-state index is 0.415. The molecule has 0 aliphatic rings. The third kappa shape index (κ3) is 2.26. The van der Waals surface area contributed by atoms with E-state index in [2.05, 4.69) is 0 Å². The van der Waals surface area contributed by atoms with E-state index in [-0.39, 0.29) is 0 Å². The van der Waals surface area contributed by atoms with Crippen molar-refractivity contribution in [1.82, 2.24) is 0 Å². The van der Waals surface area contributed by atoms with Crippen LogP contribution < -0.4 is 0 Å². The Balaban J connectivity index is 4.71. The van der Waals surface area contributed by atoms with Gasteiger partial charge in [-0.05, 0) is 45.8 Å². The van der Waals surface area contributed by atoms with Crippen LogP contribution in [0.2, 0.25) is 0 Å². The van der Waals surface area contributed by atoms with Crippen molar-refractivity contribution in [2.24, 2.45) is 0 Å². The molecule has 0 heterocycles. The van der Waals surface area contributed by atoms with Gasteiger partial charge in [0.05, 0.1) is 5.76 Å². The van der Waals surface area contributed by atoms with Crippen molar-refractivity contribution in [3.05, 3.63) is 22.5 Å². The van der Waals surface area contributed by atoms with Gasteiger partial charge in [-0.1, -0.05) is 5.57 Å². The van der Waals surface area contributed by atoms with Gasteiger partial charge in [0, 0.05) is 0 Å². The van der Waals surface area contributed by atoms with E-state index in [4.69, 9.17) is 5.11 Å². The number of aliphatic hydroxyl groups excluding tert-OH is 1. The summed E-state index contributed by atoms with van der Waals surface area (Å²) in [6, 6.07) is 0. The van der Waals surface area contributed by atoms with Crippen molar-refractivity contribution in [2.75, 3.05) is 0 Å². The molecular weight excluding hydrogens is 124 g/mol.